The molecule has 2 rings (SSSR count). The third-order valence-corrected chi connectivity index (χ3v) is 4.70. The summed E-state index contributed by atoms with van der Waals surface area (Å²) in [7, 11) is 0. The Morgan fingerprint density at radius 3 is 2.31 bits per heavy atom. The maximum absolute atomic E-state index is 12.8. The molecule has 0 unspecified atom stereocenters. The number of rotatable bonds is 9. The van der Waals surface area contributed by atoms with E-state index in [9.17, 15) is 45.6 Å². The van der Waals surface area contributed by atoms with Crippen LogP contribution in [0.5, 0.6) is 5.88 Å². The summed E-state index contributed by atoms with van der Waals surface area (Å²) in [6, 6.07) is -0.0714. The number of anilines is 1. The first-order valence-electron chi connectivity index (χ1n) is 9.38. The second-order valence-electron chi connectivity index (χ2n) is 7.00. The predicted molar refractivity (Wildman–Crippen MR) is 96.2 cm³/mol. The highest BCUT2D eigenvalue weighted by molar-refractivity contribution is 5.97. The van der Waals surface area contributed by atoms with E-state index >= 15 is 0 Å². The Labute approximate surface area is 176 Å². The van der Waals surface area contributed by atoms with Crippen LogP contribution in [0.2, 0.25) is 0 Å². The number of nitrogens with one attached hydrogen (secondary N) is 2. The molecule has 1 aliphatic carbocycles. The minimum atomic E-state index is -4.36. The van der Waals surface area contributed by atoms with Gasteiger partial charge in [0.1, 0.15) is 5.56 Å². The summed E-state index contributed by atoms with van der Waals surface area (Å²) in [5.41, 5.74) is -1.51. The largest absolute Gasteiger partial charge is 0.471 e. The molecule has 0 aromatic carbocycles. The van der Waals surface area contributed by atoms with E-state index in [1.54, 1.807) is 0 Å². The van der Waals surface area contributed by atoms with Gasteiger partial charge in [0.2, 0.25) is 11.7 Å². The molecule has 1 aromatic rings. The predicted octanol–water partition coefficient (Wildman–Crippen LogP) is 4.16. The number of pyridine rings is 1. The van der Waals surface area contributed by atoms with E-state index in [-0.39, 0.29) is 25.7 Å². The molecule has 0 saturated heterocycles. The van der Waals surface area contributed by atoms with Crippen molar-refractivity contribution in [2.24, 2.45) is 5.92 Å². The number of carbonyl (C=O) groups is 1. The van der Waals surface area contributed by atoms with Crippen LogP contribution in [0.4, 0.5) is 42.2 Å². The number of carbonyl (C=O) groups excluding carboxylic acids is 1. The summed E-state index contributed by atoms with van der Waals surface area (Å²) < 4.78 is 93.1. The number of hydrogen-bond donors (Lipinski definition) is 2. The van der Waals surface area contributed by atoms with Gasteiger partial charge in [-0.15, -0.1) is 0 Å². The Bertz CT molecular complexity index is 815. The Hall–Kier alpha value is -2.87. The summed E-state index contributed by atoms with van der Waals surface area (Å²) in [4.78, 5) is 26.4. The quantitative estimate of drug-likeness (QED) is 0.315. The Morgan fingerprint density at radius 1 is 1.19 bits per heavy atom. The molecule has 1 aliphatic rings. The van der Waals surface area contributed by atoms with Crippen molar-refractivity contribution in [3.63, 3.8) is 0 Å². The van der Waals surface area contributed by atoms with Crippen molar-refractivity contribution in [1.29, 1.82) is 0 Å². The van der Waals surface area contributed by atoms with Crippen LogP contribution >= 0.6 is 0 Å². The number of ether oxygens (including phenoxy) is 1. The minimum absolute atomic E-state index is 0.0211. The summed E-state index contributed by atoms with van der Waals surface area (Å²) in [5, 5.41) is 15.7. The molecular weight excluding hydrogens is 457 g/mol. The smallest absolute Gasteiger partial charge is 0.391 e. The second-order valence-corrected chi connectivity index (χ2v) is 7.00. The van der Waals surface area contributed by atoms with Crippen molar-refractivity contribution in [1.82, 2.24) is 10.3 Å². The Kier molecular flexibility index (Phi) is 8.44. The molecule has 15 heteroatoms. The average Bonchev–Trinajstić information content (AvgIpc) is 2.69. The SMILES string of the molecule is O=C(NC1CCC(C(F)(F)F)CC1)c1cc([N+](=O)[O-])c(NCC(F)F)nc1OCC(F)F. The van der Waals surface area contributed by atoms with Gasteiger partial charge in [0.25, 0.3) is 18.8 Å². The summed E-state index contributed by atoms with van der Waals surface area (Å²) in [6.45, 7) is -2.29. The first-order valence-corrected chi connectivity index (χ1v) is 9.38. The highest BCUT2D eigenvalue weighted by Crippen LogP contribution is 2.38. The first-order chi connectivity index (χ1) is 14.9. The normalized spacial score (nSPS) is 19.2. The fraction of sp³-hybridized carbons (Fsp3) is 0.647. The number of alkyl halides is 7. The monoisotopic (exact) mass is 476 g/mol. The van der Waals surface area contributed by atoms with Crippen LogP contribution in [0.15, 0.2) is 6.07 Å². The maximum Gasteiger partial charge on any atom is 0.391 e. The molecule has 1 aromatic heterocycles. The van der Waals surface area contributed by atoms with Gasteiger partial charge in [0.05, 0.1) is 17.4 Å². The van der Waals surface area contributed by atoms with Gasteiger partial charge in [-0.25, -0.2) is 17.6 Å². The zero-order valence-corrected chi connectivity index (χ0v) is 16.3. The van der Waals surface area contributed by atoms with Crippen molar-refractivity contribution < 1.29 is 45.2 Å². The fourth-order valence-corrected chi connectivity index (χ4v) is 3.17. The molecule has 2 N–H and O–H groups in total. The van der Waals surface area contributed by atoms with Crippen LogP contribution in [0.3, 0.4) is 0 Å². The zero-order chi connectivity index (χ0) is 24.1. The number of hydrogen-bond acceptors (Lipinski definition) is 6. The van der Waals surface area contributed by atoms with Crippen LogP contribution in [0, 0.1) is 16.0 Å². The lowest BCUT2D eigenvalue weighted by Crippen LogP contribution is -2.40. The van der Waals surface area contributed by atoms with Crippen LogP contribution in [0.1, 0.15) is 36.0 Å². The molecule has 0 spiro atoms. The molecule has 1 heterocycles. The Balaban J connectivity index is 2.25. The highest BCUT2D eigenvalue weighted by atomic mass is 19.4. The van der Waals surface area contributed by atoms with Crippen molar-refractivity contribution >= 4 is 17.4 Å². The molecule has 1 fully saturated rings. The standard InChI is InChI=1S/C17H19F7N4O4/c18-12(19)6-25-14-11(28(30)31)5-10(16(27-14)32-7-13(20)21)15(29)26-9-3-1-8(2-4-9)17(22,23)24/h5,8-9,12-13H,1-4,6-7H2,(H,25,27)(H,26,29). The third-order valence-electron chi connectivity index (χ3n) is 4.70. The summed E-state index contributed by atoms with van der Waals surface area (Å²) in [6.07, 6.45) is -10.8. The fourth-order valence-electron chi connectivity index (χ4n) is 3.17. The van der Waals surface area contributed by atoms with Gasteiger partial charge in [0, 0.05) is 12.1 Å². The van der Waals surface area contributed by atoms with E-state index in [0.717, 1.165) is 0 Å². The lowest BCUT2D eigenvalue weighted by molar-refractivity contribution is -0.384. The summed E-state index contributed by atoms with van der Waals surface area (Å²) >= 11 is 0. The topological polar surface area (TPSA) is 106 Å². The molecule has 0 radical (unpaired) electrons. The van der Waals surface area contributed by atoms with E-state index in [1.165, 1.54) is 0 Å². The van der Waals surface area contributed by atoms with E-state index in [2.05, 4.69) is 10.3 Å². The van der Waals surface area contributed by atoms with Crippen LogP contribution in [0.25, 0.3) is 0 Å². The zero-order valence-electron chi connectivity index (χ0n) is 16.3. The average molecular weight is 476 g/mol. The number of halogens is 7. The molecule has 0 aliphatic heterocycles. The van der Waals surface area contributed by atoms with E-state index in [4.69, 9.17) is 4.74 Å². The van der Waals surface area contributed by atoms with Gasteiger partial charge >= 0.3 is 11.9 Å². The number of nitro groups is 1. The molecule has 8 nitrogen and oxygen atoms in total. The third kappa shape index (κ3) is 7.09. The first kappa shape index (κ1) is 25.4. The van der Waals surface area contributed by atoms with E-state index in [0.29, 0.717) is 6.07 Å². The molecule has 1 amide bonds. The van der Waals surface area contributed by atoms with Crippen molar-refractivity contribution in [2.45, 2.75) is 50.8 Å². The molecule has 0 atom stereocenters. The van der Waals surface area contributed by atoms with Crippen molar-refractivity contribution in [2.75, 3.05) is 18.5 Å². The van der Waals surface area contributed by atoms with Gasteiger partial charge in [0.15, 0.2) is 6.61 Å². The van der Waals surface area contributed by atoms with Gasteiger partial charge in [-0.3, -0.25) is 14.9 Å². The van der Waals surface area contributed by atoms with Gasteiger partial charge < -0.3 is 15.4 Å². The molecule has 1 saturated carbocycles. The van der Waals surface area contributed by atoms with Gasteiger partial charge in [-0.05, 0) is 25.7 Å². The van der Waals surface area contributed by atoms with Crippen LogP contribution < -0.4 is 15.4 Å². The van der Waals surface area contributed by atoms with Gasteiger partial charge in [-0.1, -0.05) is 0 Å². The minimum Gasteiger partial charge on any atom is -0.471 e. The van der Waals surface area contributed by atoms with Crippen molar-refractivity contribution in [3.05, 3.63) is 21.7 Å². The highest BCUT2D eigenvalue weighted by Gasteiger charge is 2.41. The Morgan fingerprint density at radius 2 is 1.81 bits per heavy atom. The molecule has 0 bridgehead atoms. The number of nitrogens with zero attached hydrogens (tertiary/aromatic N) is 2. The molecule has 32 heavy (non-hydrogen) atoms. The number of aromatic nitrogens is 1. The van der Waals surface area contributed by atoms with Gasteiger partial charge in [-0.2, -0.15) is 18.2 Å². The molecular formula is C17H19F7N4O4. The second kappa shape index (κ2) is 10.6. The maximum atomic E-state index is 12.8. The van der Waals surface area contributed by atoms with Crippen molar-refractivity contribution in [3.8, 4) is 5.88 Å². The lowest BCUT2D eigenvalue weighted by atomic mass is 9.85. The van der Waals surface area contributed by atoms with Crippen LogP contribution in [-0.4, -0.2) is 54.0 Å². The number of amides is 1. The summed E-state index contributed by atoms with van der Waals surface area (Å²) in [5.74, 6) is -4.04. The molecule has 180 valence electrons. The lowest BCUT2D eigenvalue weighted by Gasteiger charge is -2.30. The van der Waals surface area contributed by atoms with E-state index < -0.39 is 77.9 Å². The van der Waals surface area contributed by atoms with Crippen LogP contribution in [-0.2, 0) is 0 Å². The van der Waals surface area contributed by atoms with E-state index in [1.807, 2.05) is 5.32 Å².